The molecule has 0 radical (unpaired) electrons. The fourth-order valence-corrected chi connectivity index (χ4v) is 3.30. The van der Waals surface area contributed by atoms with E-state index in [-0.39, 0.29) is 17.9 Å². The number of anilines is 3. The largest absolute Gasteiger partial charge is 0.359 e. The Labute approximate surface area is 144 Å². The van der Waals surface area contributed by atoms with Gasteiger partial charge in [0.25, 0.3) is 0 Å². The molecule has 0 spiro atoms. The van der Waals surface area contributed by atoms with Crippen LogP contribution in [0.2, 0.25) is 0 Å². The molecule has 7 nitrogen and oxygen atoms in total. The lowest BCUT2D eigenvalue weighted by Gasteiger charge is -2.29. The van der Waals surface area contributed by atoms with Crippen molar-refractivity contribution in [3.05, 3.63) is 36.4 Å². The number of nitrogens with one attached hydrogen (secondary N) is 3. The van der Waals surface area contributed by atoms with Gasteiger partial charge in [0.1, 0.15) is 5.82 Å². The second-order valence-electron chi connectivity index (χ2n) is 6.38. The minimum atomic E-state index is -0.317. The van der Waals surface area contributed by atoms with Gasteiger partial charge in [0.15, 0.2) is 5.82 Å². The smallest absolute Gasteiger partial charge is 0.244 e. The third kappa shape index (κ3) is 3.39. The Bertz CT molecular complexity index is 878. The maximum atomic E-state index is 13.8. The molecule has 1 aromatic carbocycles. The third-order valence-corrected chi connectivity index (χ3v) is 4.58. The highest BCUT2D eigenvalue weighted by Gasteiger charge is 2.22. The van der Waals surface area contributed by atoms with Gasteiger partial charge in [-0.15, -0.1) is 5.10 Å². The van der Waals surface area contributed by atoms with E-state index >= 15 is 0 Å². The van der Waals surface area contributed by atoms with E-state index in [0.717, 1.165) is 36.6 Å². The zero-order valence-electron chi connectivity index (χ0n) is 13.7. The van der Waals surface area contributed by atoms with Crippen molar-refractivity contribution in [2.24, 2.45) is 5.73 Å². The Balaban J connectivity index is 1.56. The summed E-state index contributed by atoms with van der Waals surface area (Å²) >= 11 is 0. The van der Waals surface area contributed by atoms with Gasteiger partial charge in [-0.25, -0.2) is 4.39 Å². The van der Waals surface area contributed by atoms with Crippen molar-refractivity contribution in [3.63, 3.8) is 0 Å². The summed E-state index contributed by atoms with van der Waals surface area (Å²) in [4.78, 5) is 7.53. The Morgan fingerprint density at radius 1 is 1.24 bits per heavy atom. The van der Waals surface area contributed by atoms with E-state index < -0.39 is 0 Å². The summed E-state index contributed by atoms with van der Waals surface area (Å²) in [6.07, 6.45) is 7.57. The molecule has 1 aliphatic rings. The monoisotopic (exact) mass is 341 g/mol. The van der Waals surface area contributed by atoms with Crippen molar-refractivity contribution in [2.75, 3.05) is 10.6 Å². The minimum Gasteiger partial charge on any atom is -0.359 e. The van der Waals surface area contributed by atoms with Crippen LogP contribution in [0.25, 0.3) is 10.9 Å². The predicted octanol–water partition coefficient (Wildman–Crippen LogP) is 2.92. The van der Waals surface area contributed by atoms with Crippen LogP contribution in [-0.2, 0) is 0 Å². The first-order valence-electron chi connectivity index (χ1n) is 8.44. The average molecular weight is 341 g/mol. The van der Waals surface area contributed by atoms with Crippen LogP contribution in [0.15, 0.2) is 30.6 Å². The van der Waals surface area contributed by atoms with E-state index in [1.165, 1.54) is 18.3 Å². The van der Waals surface area contributed by atoms with Crippen LogP contribution < -0.4 is 16.4 Å². The molecule has 0 bridgehead atoms. The van der Waals surface area contributed by atoms with Crippen LogP contribution in [0.1, 0.15) is 25.7 Å². The molecule has 0 saturated heterocycles. The van der Waals surface area contributed by atoms with Gasteiger partial charge in [0.2, 0.25) is 5.95 Å². The van der Waals surface area contributed by atoms with Gasteiger partial charge in [-0.2, -0.15) is 10.1 Å². The van der Waals surface area contributed by atoms with Crippen LogP contribution >= 0.6 is 0 Å². The predicted molar refractivity (Wildman–Crippen MR) is 95.2 cm³/mol. The molecule has 0 unspecified atom stereocenters. The molecule has 1 aliphatic carbocycles. The maximum absolute atomic E-state index is 13.8. The topological polar surface area (TPSA) is 105 Å². The number of aromatic nitrogens is 4. The highest BCUT2D eigenvalue weighted by Crippen LogP contribution is 2.26. The van der Waals surface area contributed by atoms with E-state index in [1.54, 1.807) is 6.20 Å². The Morgan fingerprint density at radius 2 is 2.12 bits per heavy atom. The second kappa shape index (κ2) is 6.64. The summed E-state index contributed by atoms with van der Waals surface area (Å²) in [6.45, 7) is 0. The Kier molecular flexibility index (Phi) is 4.19. The van der Waals surface area contributed by atoms with Crippen molar-refractivity contribution >= 4 is 28.4 Å². The number of hydrogen-bond donors (Lipinski definition) is 4. The number of halogens is 1. The van der Waals surface area contributed by atoms with Crippen LogP contribution in [0.5, 0.6) is 0 Å². The molecule has 0 amide bonds. The van der Waals surface area contributed by atoms with Crippen molar-refractivity contribution < 1.29 is 4.39 Å². The quantitative estimate of drug-likeness (QED) is 0.582. The van der Waals surface area contributed by atoms with Crippen molar-refractivity contribution in [2.45, 2.75) is 37.8 Å². The third-order valence-electron chi connectivity index (χ3n) is 4.58. The zero-order chi connectivity index (χ0) is 17.2. The van der Waals surface area contributed by atoms with E-state index in [1.807, 2.05) is 6.07 Å². The van der Waals surface area contributed by atoms with Gasteiger partial charge in [0, 0.05) is 23.7 Å². The molecule has 4 rings (SSSR count). The average Bonchev–Trinajstić information content (AvgIpc) is 3.06. The molecule has 8 heteroatoms. The molecular formula is C17H20FN7. The molecule has 2 aromatic heterocycles. The molecule has 1 saturated carbocycles. The summed E-state index contributed by atoms with van der Waals surface area (Å²) in [5.74, 6) is 0.595. The zero-order valence-corrected chi connectivity index (χ0v) is 13.7. The summed E-state index contributed by atoms with van der Waals surface area (Å²) in [7, 11) is 0. The molecule has 2 heterocycles. The summed E-state index contributed by atoms with van der Waals surface area (Å²) in [5, 5.41) is 15.2. The Hall–Kier alpha value is -2.74. The summed E-state index contributed by atoms with van der Waals surface area (Å²) in [6, 6.07) is 4.96. The number of benzene rings is 1. The van der Waals surface area contributed by atoms with E-state index in [4.69, 9.17) is 5.73 Å². The van der Waals surface area contributed by atoms with Gasteiger partial charge >= 0.3 is 0 Å². The number of aromatic amines is 1. The van der Waals surface area contributed by atoms with Crippen molar-refractivity contribution in [3.8, 4) is 0 Å². The number of nitrogens with zero attached hydrogens (tertiary/aromatic N) is 3. The van der Waals surface area contributed by atoms with Gasteiger partial charge in [-0.05, 0) is 31.0 Å². The van der Waals surface area contributed by atoms with Crippen LogP contribution in [0.4, 0.5) is 21.8 Å². The fraction of sp³-hybridized carbons (Fsp3) is 0.353. The highest BCUT2D eigenvalue weighted by atomic mass is 19.1. The molecule has 130 valence electrons. The summed E-state index contributed by atoms with van der Waals surface area (Å²) < 4.78 is 13.8. The molecular weight excluding hydrogens is 321 g/mol. The van der Waals surface area contributed by atoms with Crippen LogP contribution in [-0.4, -0.2) is 32.2 Å². The molecule has 5 N–H and O–H groups in total. The van der Waals surface area contributed by atoms with Gasteiger partial charge in [-0.3, -0.25) is 0 Å². The maximum Gasteiger partial charge on any atom is 0.244 e. The van der Waals surface area contributed by atoms with Crippen LogP contribution in [0.3, 0.4) is 0 Å². The van der Waals surface area contributed by atoms with Crippen LogP contribution in [0, 0.1) is 5.82 Å². The SMILES string of the molecule is N[C@H]1CCCC[C@H]1Nc1nncc(Nc2cc(F)cc3cc[nH]c23)n1. The number of nitrogens with two attached hydrogens (primary N) is 1. The van der Waals surface area contributed by atoms with Gasteiger partial charge < -0.3 is 21.4 Å². The minimum absolute atomic E-state index is 0.0933. The number of H-pyrrole nitrogens is 1. The standard InChI is InChI=1S/C17H20FN7/c18-11-7-10-5-6-20-16(10)14(8-11)22-15-9-21-25-17(24-15)23-13-4-2-1-3-12(13)19/h5-9,12-13,20H,1-4,19H2,(H2,22,23,24,25)/t12-,13+/m0/s1. The highest BCUT2D eigenvalue weighted by molar-refractivity contribution is 5.92. The normalized spacial score (nSPS) is 20.6. The number of hydrogen-bond acceptors (Lipinski definition) is 6. The lowest BCUT2D eigenvalue weighted by molar-refractivity contribution is 0.402. The molecule has 0 aliphatic heterocycles. The van der Waals surface area contributed by atoms with E-state index in [2.05, 4.69) is 30.8 Å². The lowest BCUT2D eigenvalue weighted by atomic mass is 9.91. The number of fused-ring (bicyclic) bond motifs is 1. The number of rotatable bonds is 4. The second-order valence-corrected chi connectivity index (χ2v) is 6.38. The van der Waals surface area contributed by atoms with Crippen molar-refractivity contribution in [1.82, 2.24) is 20.2 Å². The van der Waals surface area contributed by atoms with E-state index in [9.17, 15) is 4.39 Å². The van der Waals surface area contributed by atoms with E-state index in [0.29, 0.717) is 17.5 Å². The first-order chi connectivity index (χ1) is 12.2. The molecule has 3 aromatic rings. The molecule has 2 atom stereocenters. The lowest BCUT2D eigenvalue weighted by Crippen LogP contribution is -2.43. The van der Waals surface area contributed by atoms with Gasteiger partial charge in [0.05, 0.1) is 17.4 Å². The van der Waals surface area contributed by atoms with Crippen molar-refractivity contribution in [1.29, 1.82) is 0 Å². The fourth-order valence-electron chi connectivity index (χ4n) is 3.30. The first kappa shape index (κ1) is 15.8. The first-order valence-corrected chi connectivity index (χ1v) is 8.44. The molecule has 25 heavy (non-hydrogen) atoms. The molecule has 1 fully saturated rings. The Morgan fingerprint density at radius 3 is 3.00 bits per heavy atom. The summed E-state index contributed by atoms with van der Waals surface area (Å²) in [5.41, 5.74) is 7.56. The van der Waals surface area contributed by atoms with Gasteiger partial charge in [-0.1, -0.05) is 12.8 Å².